The Kier molecular flexibility index (Phi) is 5.69. The minimum absolute atomic E-state index is 0.369. The number of hydrogen-bond acceptors (Lipinski definition) is 2. The monoisotopic (exact) mass is 336 g/mol. The largest absolute Gasteiger partial charge is 0.495 e. The van der Waals surface area contributed by atoms with Gasteiger partial charge in [0.25, 0.3) is 0 Å². The maximum absolute atomic E-state index is 11.8. The molecule has 2 aromatic rings. The number of nitrogens with one attached hydrogen (secondary N) is 2. The van der Waals surface area contributed by atoms with Crippen molar-refractivity contribution in [2.75, 3.05) is 12.4 Å². The summed E-state index contributed by atoms with van der Waals surface area (Å²) in [4.78, 5) is 11.8. The van der Waals surface area contributed by atoms with Gasteiger partial charge in [-0.2, -0.15) is 0 Å². The number of carbonyl (C=O) groups is 1. The summed E-state index contributed by atoms with van der Waals surface area (Å²) in [5.41, 5.74) is 1.50. The summed E-state index contributed by atoms with van der Waals surface area (Å²) in [5, 5.41) is 6.37. The summed E-state index contributed by atoms with van der Waals surface area (Å²) < 4.78 is 5.05. The zero-order chi connectivity index (χ0) is 15.9. The molecule has 0 heterocycles. The van der Waals surface area contributed by atoms with Crippen LogP contribution < -0.4 is 15.4 Å². The van der Waals surface area contributed by atoms with Crippen LogP contribution >= 0.6 is 23.2 Å². The Hall–Kier alpha value is -2.17. The van der Waals surface area contributed by atoms with E-state index in [1.165, 1.54) is 7.11 Å². The smallest absolute Gasteiger partial charge is 0.323 e. The van der Waals surface area contributed by atoms with Gasteiger partial charge in [0.1, 0.15) is 5.75 Å². The van der Waals surface area contributed by atoms with Gasteiger partial charge in [0.2, 0.25) is 0 Å². The summed E-state index contributed by atoms with van der Waals surface area (Å²) in [6, 6.07) is 11.9. The number of carbonyl (C=O) groups excluding carboxylic acids is 1. The second-order valence-corrected chi connectivity index (χ2v) is 5.18. The van der Waals surface area contributed by atoms with E-state index in [9.17, 15) is 4.79 Å². The van der Waals surface area contributed by atoms with E-state index in [4.69, 9.17) is 27.9 Å². The van der Waals surface area contributed by atoms with Gasteiger partial charge >= 0.3 is 6.03 Å². The van der Waals surface area contributed by atoms with E-state index in [0.717, 1.165) is 5.56 Å². The third-order valence-corrected chi connectivity index (χ3v) is 3.32. The number of halogens is 2. The molecule has 0 bridgehead atoms. The minimum Gasteiger partial charge on any atom is -0.495 e. The van der Waals surface area contributed by atoms with Crippen LogP contribution in [0.4, 0.5) is 10.5 Å². The first-order valence-electron chi connectivity index (χ1n) is 6.41. The average molecular weight is 337 g/mol. The van der Waals surface area contributed by atoms with Gasteiger partial charge in [-0.1, -0.05) is 35.3 Å². The summed E-state index contributed by atoms with van der Waals surface area (Å²) in [5.74, 6) is 0.551. The highest BCUT2D eigenvalue weighted by molar-refractivity contribution is 6.32. The average Bonchev–Trinajstić information content (AvgIpc) is 2.49. The fourth-order valence-electron chi connectivity index (χ4n) is 1.70. The number of methoxy groups -OCH3 is 1. The van der Waals surface area contributed by atoms with Crippen LogP contribution in [0.5, 0.6) is 5.75 Å². The van der Waals surface area contributed by atoms with E-state index in [1.807, 2.05) is 12.1 Å². The second kappa shape index (κ2) is 7.73. The van der Waals surface area contributed by atoms with Crippen molar-refractivity contribution in [1.29, 1.82) is 0 Å². The number of rotatable bonds is 4. The van der Waals surface area contributed by atoms with Crippen molar-refractivity contribution in [3.05, 3.63) is 64.3 Å². The third-order valence-electron chi connectivity index (χ3n) is 2.77. The Morgan fingerprint density at radius 2 is 1.86 bits per heavy atom. The molecule has 0 radical (unpaired) electrons. The van der Waals surface area contributed by atoms with E-state index in [-0.39, 0.29) is 6.03 Å². The summed E-state index contributed by atoms with van der Waals surface area (Å²) in [7, 11) is 1.53. The Labute approximate surface area is 138 Å². The molecule has 0 spiro atoms. The molecule has 0 saturated carbocycles. The standard InChI is InChI=1S/C16H14Cl2N2O2/c1-22-15-7-6-13(10-14(15)18)20-16(21)19-9-8-11-2-4-12(17)5-3-11/h2-10H,1H3,(H2,19,20,21)/b9-8+. The van der Waals surface area contributed by atoms with E-state index in [0.29, 0.717) is 21.5 Å². The van der Waals surface area contributed by atoms with Gasteiger partial charge in [-0.25, -0.2) is 4.79 Å². The van der Waals surface area contributed by atoms with Crippen LogP contribution in [-0.2, 0) is 0 Å². The number of anilines is 1. The number of benzene rings is 2. The van der Waals surface area contributed by atoms with Gasteiger partial charge in [0.05, 0.1) is 12.1 Å². The van der Waals surface area contributed by atoms with Crippen LogP contribution in [0.2, 0.25) is 10.0 Å². The van der Waals surface area contributed by atoms with Gasteiger partial charge in [-0.05, 0) is 42.0 Å². The number of ether oxygens (including phenoxy) is 1. The van der Waals surface area contributed by atoms with Crippen LogP contribution in [-0.4, -0.2) is 13.1 Å². The van der Waals surface area contributed by atoms with Crippen LogP contribution in [0.3, 0.4) is 0 Å². The van der Waals surface area contributed by atoms with Crippen molar-refractivity contribution in [2.24, 2.45) is 0 Å². The lowest BCUT2D eigenvalue weighted by atomic mass is 10.2. The number of urea groups is 1. The van der Waals surface area contributed by atoms with Gasteiger partial charge in [-0.3, -0.25) is 0 Å². The summed E-state index contributed by atoms with van der Waals surface area (Å²) in [6.45, 7) is 0. The maximum Gasteiger partial charge on any atom is 0.323 e. The fraction of sp³-hybridized carbons (Fsp3) is 0.0625. The molecule has 2 aromatic carbocycles. The molecule has 4 nitrogen and oxygen atoms in total. The first-order chi connectivity index (χ1) is 10.6. The minimum atomic E-state index is -0.369. The van der Waals surface area contributed by atoms with E-state index < -0.39 is 0 Å². The number of hydrogen-bond donors (Lipinski definition) is 2. The fourth-order valence-corrected chi connectivity index (χ4v) is 2.08. The zero-order valence-electron chi connectivity index (χ0n) is 11.8. The van der Waals surface area contributed by atoms with E-state index >= 15 is 0 Å². The topological polar surface area (TPSA) is 50.4 Å². The van der Waals surface area contributed by atoms with Crippen molar-refractivity contribution in [3.63, 3.8) is 0 Å². The first kappa shape index (κ1) is 16.2. The molecule has 2 amide bonds. The molecular weight excluding hydrogens is 323 g/mol. The van der Waals surface area contributed by atoms with Crippen molar-refractivity contribution in [3.8, 4) is 5.75 Å². The first-order valence-corrected chi connectivity index (χ1v) is 7.17. The second-order valence-electron chi connectivity index (χ2n) is 4.33. The Morgan fingerprint density at radius 3 is 2.50 bits per heavy atom. The predicted octanol–water partition coefficient (Wildman–Crippen LogP) is 4.79. The highest BCUT2D eigenvalue weighted by Gasteiger charge is 2.04. The highest BCUT2D eigenvalue weighted by atomic mass is 35.5. The normalized spacial score (nSPS) is 10.5. The molecule has 114 valence electrons. The van der Waals surface area contributed by atoms with Crippen LogP contribution in [0.25, 0.3) is 6.08 Å². The Balaban J connectivity index is 1.90. The molecule has 0 aromatic heterocycles. The molecule has 2 N–H and O–H groups in total. The van der Waals surface area contributed by atoms with Crippen LogP contribution in [0.1, 0.15) is 5.56 Å². The molecule has 0 fully saturated rings. The number of amides is 2. The Morgan fingerprint density at radius 1 is 1.14 bits per heavy atom. The SMILES string of the molecule is COc1ccc(NC(=O)N/C=C/c2ccc(Cl)cc2)cc1Cl. The van der Waals surface area contributed by atoms with Gasteiger partial charge < -0.3 is 15.4 Å². The van der Waals surface area contributed by atoms with E-state index in [2.05, 4.69) is 10.6 Å². The molecular formula is C16H14Cl2N2O2. The molecule has 6 heteroatoms. The van der Waals surface area contributed by atoms with Gasteiger partial charge in [-0.15, -0.1) is 0 Å². The quantitative estimate of drug-likeness (QED) is 0.842. The lowest BCUT2D eigenvalue weighted by Gasteiger charge is -2.07. The maximum atomic E-state index is 11.8. The molecule has 2 rings (SSSR count). The van der Waals surface area contributed by atoms with Gasteiger partial charge in [0.15, 0.2) is 0 Å². The molecule has 22 heavy (non-hydrogen) atoms. The van der Waals surface area contributed by atoms with Crippen molar-refractivity contribution in [1.82, 2.24) is 5.32 Å². The molecule has 0 unspecified atom stereocenters. The highest BCUT2D eigenvalue weighted by Crippen LogP contribution is 2.27. The lowest BCUT2D eigenvalue weighted by Crippen LogP contribution is -2.23. The molecule has 0 atom stereocenters. The molecule has 0 aliphatic carbocycles. The molecule has 0 saturated heterocycles. The van der Waals surface area contributed by atoms with Crippen LogP contribution in [0, 0.1) is 0 Å². The van der Waals surface area contributed by atoms with Crippen molar-refractivity contribution in [2.45, 2.75) is 0 Å². The van der Waals surface area contributed by atoms with Gasteiger partial charge in [0, 0.05) is 16.9 Å². The molecule has 0 aliphatic heterocycles. The third kappa shape index (κ3) is 4.69. The summed E-state index contributed by atoms with van der Waals surface area (Å²) >= 11 is 11.8. The van der Waals surface area contributed by atoms with Crippen molar-refractivity contribution < 1.29 is 9.53 Å². The molecule has 0 aliphatic rings. The lowest BCUT2D eigenvalue weighted by molar-refractivity contribution is 0.255. The predicted molar refractivity (Wildman–Crippen MR) is 90.6 cm³/mol. The van der Waals surface area contributed by atoms with Crippen molar-refractivity contribution >= 4 is 41.0 Å². The zero-order valence-corrected chi connectivity index (χ0v) is 13.3. The summed E-state index contributed by atoms with van der Waals surface area (Å²) in [6.07, 6.45) is 3.31. The van der Waals surface area contributed by atoms with E-state index in [1.54, 1.807) is 42.6 Å². The van der Waals surface area contributed by atoms with Crippen LogP contribution in [0.15, 0.2) is 48.7 Å². The Bertz CT molecular complexity index is 685.